The normalized spacial score (nSPS) is 15.2. The second kappa shape index (κ2) is 4.93. The van der Waals surface area contributed by atoms with Crippen LogP contribution in [-0.4, -0.2) is 17.7 Å². The molecule has 0 radical (unpaired) electrons. The SMILES string of the molecule is Cc1ccc(F)c(C(C)(O)CNC(C)C)c1. The molecule has 0 saturated carbocycles. The van der Waals surface area contributed by atoms with Crippen LogP contribution in [0.4, 0.5) is 4.39 Å². The van der Waals surface area contributed by atoms with E-state index in [1.54, 1.807) is 19.1 Å². The number of aryl methyl sites for hydroxylation is 1. The van der Waals surface area contributed by atoms with Crippen molar-refractivity contribution in [2.45, 2.75) is 39.3 Å². The highest BCUT2D eigenvalue weighted by molar-refractivity contribution is 5.29. The van der Waals surface area contributed by atoms with Crippen molar-refractivity contribution in [1.82, 2.24) is 5.32 Å². The molecule has 0 aliphatic carbocycles. The molecule has 1 aromatic carbocycles. The monoisotopic (exact) mass is 225 g/mol. The molecule has 3 heteroatoms. The molecule has 1 unspecified atom stereocenters. The van der Waals surface area contributed by atoms with Gasteiger partial charge in [-0.05, 0) is 19.9 Å². The van der Waals surface area contributed by atoms with Crippen LogP contribution in [0, 0.1) is 12.7 Å². The van der Waals surface area contributed by atoms with Crippen LogP contribution in [-0.2, 0) is 5.60 Å². The molecule has 0 amide bonds. The predicted molar refractivity (Wildman–Crippen MR) is 63.8 cm³/mol. The minimum Gasteiger partial charge on any atom is -0.384 e. The smallest absolute Gasteiger partial charge is 0.129 e. The molecule has 2 N–H and O–H groups in total. The van der Waals surface area contributed by atoms with Gasteiger partial charge in [-0.2, -0.15) is 0 Å². The zero-order valence-electron chi connectivity index (χ0n) is 10.3. The van der Waals surface area contributed by atoms with Crippen LogP contribution in [0.2, 0.25) is 0 Å². The van der Waals surface area contributed by atoms with E-state index in [2.05, 4.69) is 5.32 Å². The minimum absolute atomic E-state index is 0.263. The molecule has 0 fully saturated rings. The van der Waals surface area contributed by atoms with Crippen molar-refractivity contribution in [2.24, 2.45) is 0 Å². The Kier molecular flexibility index (Phi) is 4.05. The third kappa shape index (κ3) is 3.29. The molecule has 16 heavy (non-hydrogen) atoms. The van der Waals surface area contributed by atoms with Crippen LogP contribution in [0.1, 0.15) is 31.9 Å². The molecule has 0 heterocycles. The molecule has 0 spiro atoms. The quantitative estimate of drug-likeness (QED) is 0.824. The van der Waals surface area contributed by atoms with E-state index in [-0.39, 0.29) is 11.9 Å². The van der Waals surface area contributed by atoms with Crippen LogP contribution in [0.5, 0.6) is 0 Å². The third-order valence-corrected chi connectivity index (χ3v) is 2.56. The summed E-state index contributed by atoms with van der Waals surface area (Å²) in [7, 11) is 0. The molecule has 0 saturated heterocycles. The Morgan fingerprint density at radius 1 is 1.44 bits per heavy atom. The van der Waals surface area contributed by atoms with Gasteiger partial charge in [0, 0.05) is 18.2 Å². The standard InChI is InChI=1S/C13H20FNO/c1-9(2)15-8-13(4,16)11-7-10(3)5-6-12(11)14/h5-7,9,15-16H,8H2,1-4H3. The third-order valence-electron chi connectivity index (χ3n) is 2.56. The molecule has 90 valence electrons. The summed E-state index contributed by atoms with van der Waals surface area (Å²) in [6.45, 7) is 7.82. The van der Waals surface area contributed by atoms with E-state index in [1.165, 1.54) is 6.07 Å². The predicted octanol–water partition coefficient (Wildman–Crippen LogP) is 2.34. The van der Waals surface area contributed by atoms with Crippen molar-refractivity contribution in [3.05, 3.63) is 35.1 Å². The molecular formula is C13H20FNO. The van der Waals surface area contributed by atoms with E-state index >= 15 is 0 Å². The molecule has 2 nitrogen and oxygen atoms in total. The Bertz CT molecular complexity index is 361. The van der Waals surface area contributed by atoms with E-state index in [0.29, 0.717) is 12.1 Å². The molecule has 0 bridgehead atoms. The first-order valence-corrected chi connectivity index (χ1v) is 5.55. The summed E-state index contributed by atoms with van der Waals surface area (Å²) < 4.78 is 13.6. The zero-order chi connectivity index (χ0) is 12.3. The summed E-state index contributed by atoms with van der Waals surface area (Å²) in [6, 6.07) is 5.05. The fourth-order valence-corrected chi connectivity index (χ4v) is 1.55. The maximum atomic E-state index is 13.6. The van der Waals surface area contributed by atoms with Crippen molar-refractivity contribution >= 4 is 0 Å². The van der Waals surface area contributed by atoms with E-state index in [9.17, 15) is 9.50 Å². The van der Waals surface area contributed by atoms with Crippen molar-refractivity contribution < 1.29 is 9.50 Å². The lowest BCUT2D eigenvalue weighted by Gasteiger charge is -2.26. The van der Waals surface area contributed by atoms with E-state index in [1.807, 2.05) is 20.8 Å². The van der Waals surface area contributed by atoms with Crippen LogP contribution < -0.4 is 5.32 Å². The second-order valence-electron chi connectivity index (χ2n) is 4.79. The van der Waals surface area contributed by atoms with Gasteiger partial charge in [0.05, 0.1) is 0 Å². The molecule has 0 aromatic heterocycles. The zero-order valence-corrected chi connectivity index (χ0v) is 10.3. The van der Waals surface area contributed by atoms with E-state index < -0.39 is 5.60 Å². The van der Waals surface area contributed by atoms with Gasteiger partial charge < -0.3 is 10.4 Å². The number of halogens is 1. The largest absolute Gasteiger partial charge is 0.384 e. The number of benzene rings is 1. The number of aliphatic hydroxyl groups is 1. The highest BCUT2D eigenvalue weighted by Crippen LogP contribution is 2.24. The lowest BCUT2D eigenvalue weighted by molar-refractivity contribution is 0.0512. The van der Waals surface area contributed by atoms with Gasteiger partial charge in [-0.1, -0.05) is 31.5 Å². The summed E-state index contributed by atoms with van der Waals surface area (Å²) in [4.78, 5) is 0. The Morgan fingerprint density at radius 2 is 2.06 bits per heavy atom. The van der Waals surface area contributed by atoms with Gasteiger partial charge in [-0.15, -0.1) is 0 Å². The van der Waals surface area contributed by atoms with Gasteiger partial charge in [0.1, 0.15) is 11.4 Å². The lowest BCUT2D eigenvalue weighted by Crippen LogP contribution is -2.39. The number of hydrogen-bond acceptors (Lipinski definition) is 2. The molecule has 0 aliphatic rings. The molecular weight excluding hydrogens is 205 g/mol. The fraction of sp³-hybridized carbons (Fsp3) is 0.538. The molecule has 1 aromatic rings. The Hall–Kier alpha value is -0.930. The summed E-state index contributed by atoms with van der Waals surface area (Å²) in [5, 5.41) is 13.4. The topological polar surface area (TPSA) is 32.3 Å². The fourth-order valence-electron chi connectivity index (χ4n) is 1.55. The highest BCUT2D eigenvalue weighted by atomic mass is 19.1. The molecule has 0 aliphatic heterocycles. The first-order chi connectivity index (χ1) is 7.33. The van der Waals surface area contributed by atoms with Gasteiger partial charge in [0.2, 0.25) is 0 Å². The average molecular weight is 225 g/mol. The maximum absolute atomic E-state index is 13.6. The molecule has 1 rings (SSSR count). The van der Waals surface area contributed by atoms with Gasteiger partial charge >= 0.3 is 0 Å². The van der Waals surface area contributed by atoms with Crippen molar-refractivity contribution in [2.75, 3.05) is 6.54 Å². The van der Waals surface area contributed by atoms with E-state index in [4.69, 9.17) is 0 Å². The first-order valence-electron chi connectivity index (χ1n) is 5.55. The Morgan fingerprint density at radius 3 is 2.62 bits per heavy atom. The van der Waals surface area contributed by atoms with E-state index in [0.717, 1.165) is 5.56 Å². The molecule has 1 atom stereocenters. The Balaban J connectivity index is 2.92. The average Bonchev–Trinajstić information content (AvgIpc) is 2.19. The second-order valence-corrected chi connectivity index (χ2v) is 4.79. The van der Waals surface area contributed by atoms with Crippen molar-refractivity contribution in [1.29, 1.82) is 0 Å². The van der Waals surface area contributed by atoms with Crippen molar-refractivity contribution in [3.63, 3.8) is 0 Å². The van der Waals surface area contributed by atoms with Crippen LogP contribution in [0.3, 0.4) is 0 Å². The number of nitrogens with one attached hydrogen (secondary N) is 1. The summed E-state index contributed by atoms with van der Waals surface area (Å²) in [5.41, 5.74) is 0.113. The minimum atomic E-state index is -1.18. The van der Waals surface area contributed by atoms with Crippen molar-refractivity contribution in [3.8, 4) is 0 Å². The first kappa shape index (κ1) is 13.1. The maximum Gasteiger partial charge on any atom is 0.129 e. The summed E-state index contributed by atoms with van der Waals surface area (Å²) in [5.74, 6) is -0.360. The van der Waals surface area contributed by atoms with Gasteiger partial charge in [-0.3, -0.25) is 0 Å². The number of hydrogen-bond donors (Lipinski definition) is 2. The highest BCUT2D eigenvalue weighted by Gasteiger charge is 2.26. The van der Waals surface area contributed by atoms with Crippen LogP contribution in [0.15, 0.2) is 18.2 Å². The lowest BCUT2D eigenvalue weighted by atomic mass is 9.93. The number of rotatable bonds is 4. The van der Waals surface area contributed by atoms with Crippen LogP contribution in [0.25, 0.3) is 0 Å². The van der Waals surface area contributed by atoms with Gasteiger partial charge in [0.25, 0.3) is 0 Å². The summed E-state index contributed by atoms with van der Waals surface area (Å²) in [6.07, 6.45) is 0. The van der Waals surface area contributed by atoms with Gasteiger partial charge in [-0.25, -0.2) is 4.39 Å². The Labute approximate surface area is 96.5 Å². The van der Waals surface area contributed by atoms with Crippen LogP contribution >= 0.6 is 0 Å². The van der Waals surface area contributed by atoms with Gasteiger partial charge in [0.15, 0.2) is 0 Å². The summed E-state index contributed by atoms with van der Waals surface area (Å²) >= 11 is 0.